The van der Waals surface area contributed by atoms with E-state index in [2.05, 4.69) is 20.3 Å². The number of hydrogen-bond acceptors (Lipinski definition) is 3. The molecule has 3 aromatic rings. The summed E-state index contributed by atoms with van der Waals surface area (Å²) in [6.45, 7) is 1.82. The van der Waals surface area contributed by atoms with Gasteiger partial charge in [-0.25, -0.2) is 5.10 Å². The zero-order valence-electron chi connectivity index (χ0n) is 11.3. The number of halogens is 3. The summed E-state index contributed by atoms with van der Waals surface area (Å²) < 4.78 is 38.8. The van der Waals surface area contributed by atoms with Crippen molar-refractivity contribution in [2.24, 2.45) is 5.10 Å². The maximum absolute atomic E-state index is 12.8. The van der Waals surface area contributed by atoms with Gasteiger partial charge < -0.3 is 4.98 Å². The predicted molar refractivity (Wildman–Crippen MR) is 78.4 cm³/mol. The fourth-order valence-electron chi connectivity index (χ4n) is 2.16. The summed E-state index contributed by atoms with van der Waals surface area (Å²) in [5.41, 5.74) is 2.38. The fraction of sp³-hybridized carbons (Fsp3) is 0.154. The number of para-hydroxylation sites is 1. The molecule has 0 saturated heterocycles. The van der Waals surface area contributed by atoms with Crippen LogP contribution in [0.2, 0.25) is 0 Å². The summed E-state index contributed by atoms with van der Waals surface area (Å²) in [6, 6.07) is 7.45. The second kappa shape index (κ2) is 5.09. The van der Waals surface area contributed by atoms with Crippen molar-refractivity contribution in [2.45, 2.75) is 13.1 Å². The largest absolute Gasteiger partial charge is 0.453 e. The van der Waals surface area contributed by atoms with Crippen molar-refractivity contribution in [1.82, 2.24) is 19.9 Å². The maximum Gasteiger partial charge on any atom is 0.453 e. The van der Waals surface area contributed by atoms with Gasteiger partial charge in [0.05, 0.1) is 6.21 Å². The van der Waals surface area contributed by atoms with Crippen LogP contribution in [0.25, 0.3) is 10.9 Å². The highest BCUT2D eigenvalue weighted by Gasteiger charge is 2.37. The number of aromatic nitrogens is 4. The van der Waals surface area contributed by atoms with Crippen LogP contribution in [0.1, 0.15) is 17.1 Å². The molecule has 0 fully saturated rings. The van der Waals surface area contributed by atoms with Gasteiger partial charge in [-0.1, -0.05) is 18.2 Å². The van der Waals surface area contributed by atoms with Gasteiger partial charge >= 0.3 is 6.18 Å². The predicted octanol–water partition coefficient (Wildman–Crippen LogP) is 3.63. The number of rotatable bonds is 2. The molecule has 0 unspecified atom stereocenters. The SMILES string of the molecule is Cc1[nH]c2ccccc2c1/C=N/n1c(C(F)(F)F)n[nH]c1=S. The molecule has 0 atom stereocenters. The number of nitrogens with zero attached hydrogens (tertiary/aromatic N) is 3. The second-order valence-electron chi connectivity index (χ2n) is 4.62. The molecule has 1 aromatic carbocycles. The van der Waals surface area contributed by atoms with Gasteiger partial charge in [-0.05, 0) is 25.2 Å². The van der Waals surface area contributed by atoms with Gasteiger partial charge in [0, 0.05) is 22.2 Å². The molecule has 3 rings (SSSR count). The minimum absolute atomic E-state index is 0.221. The van der Waals surface area contributed by atoms with Crippen LogP contribution in [0, 0.1) is 11.7 Å². The summed E-state index contributed by atoms with van der Waals surface area (Å²) in [7, 11) is 0. The van der Waals surface area contributed by atoms with Gasteiger partial charge in [-0.3, -0.25) is 0 Å². The van der Waals surface area contributed by atoms with E-state index in [1.54, 1.807) is 0 Å². The molecule has 0 aliphatic heterocycles. The van der Waals surface area contributed by atoms with Crippen LogP contribution in [-0.4, -0.2) is 26.1 Å². The highest BCUT2D eigenvalue weighted by Crippen LogP contribution is 2.27. The molecule has 0 aliphatic rings. The third-order valence-corrected chi connectivity index (χ3v) is 3.41. The Morgan fingerprint density at radius 3 is 2.77 bits per heavy atom. The number of aryl methyl sites for hydroxylation is 1. The van der Waals surface area contributed by atoms with E-state index in [1.165, 1.54) is 6.21 Å². The molecule has 0 saturated carbocycles. The Hall–Kier alpha value is -2.42. The average molecular weight is 325 g/mol. The first kappa shape index (κ1) is 14.5. The van der Waals surface area contributed by atoms with Crippen LogP contribution in [0.4, 0.5) is 13.2 Å². The molecule has 0 radical (unpaired) electrons. The summed E-state index contributed by atoms with van der Waals surface area (Å²) in [4.78, 5) is 3.14. The smallest absolute Gasteiger partial charge is 0.358 e. The molecule has 2 aromatic heterocycles. The summed E-state index contributed by atoms with van der Waals surface area (Å²) in [5, 5.41) is 9.98. The van der Waals surface area contributed by atoms with E-state index in [0.717, 1.165) is 16.6 Å². The molecule has 0 aliphatic carbocycles. The van der Waals surface area contributed by atoms with Gasteiger partial charge in [-0.15, -0.1) is 5.10 Å². The molecule has 0 spiro atoms. The first-order valence-corrected chi connectivity index (χ1v) is 6.65. The molecule has 22 heavy (non-hydrogen) atoms. The monoisotopic (exact) mass is 325 g/mol. The topological polar surface area (TPSA) is 61.8 Å². The minimum atomic E-state index is -4.64. The van der Waals surface area contributed by atoms with Gasteiger partial charge in [0.2, 0.25) is 4.77 Å². The van der Waals surface area contributed by atoms with E-state index < -0.39 is 12.0 Å². The maximum atomic E-state index is 12.8. The number of nitrogens with one attached hydrogen (secondary N) is 2. The van der Waals surface area contributed by atoms with Crippen molar-refractivity contribution in [3.63, 3.8) is 0 Å². The van der Waals surface area contributed by atoms with Crippen LogP contribution in [-0.2, 0) is 6.18 Å². The first-order chi connectivity index (χ1) is 10.4. The van der Waals surface area contributed by atoms with Crippen LogP contribution < -0.4 is 0 Å². The Balaban J connectivity index is 2.10. The number of benzene rings is 1. The van der Waals surface area contributed by atoms with E-state index in [0.29, 0.717) is 10.2 Å². The highest BCUT2D eigenvalue weighted by atomic mass is 32.1. The van der Waals surface area contributed by atoms with E-state index >= 15 is 0 Å². The van der Waals surface area contributed by atoms with Gasteiger partial charge in [-0.2, -0.15) is 22.9 Å². The highest BCUT2D eigenvalue weighted by molar-refractivity contribution is 7.71. The first-order valence-electron chi connectivity index (χ1n) is 6.24. The van der Waals surface area contributed by atoms with E-state index in [1.807, 2.05) is 31.2 Å². The molecular formula is C13H10F3N5S. The molecular weight excluding hydrogens is 315 g/mol. The van der Waals surface area contributed by atoms with E-state index in [9.17, 15) is 13.2 Å². The van der Waals surface area contributed by atoms with Crippen LogP contribution in [0.5, 0.6) is 0 Å². The number of H-pyrrole nitrogens is 2. The quantitative estimate of drug-likeness (QED) is 0.558. The van der Waals surface area contributed by atoms with Gasteiger partial charge in [0.15, 0.2) is 0 Å². The lowest BCUT2D eigenvalue weighted by atomic mass is 10.1. The van der Waals surface area contributed by atoms with Crippen LogP contribution in [0.3, 0.4) is 0 Å². The van der Waals surface area contributed by atoms with Crippen molar-refractivity contribution in [2.75, 3.05) is 0 Å². The Morgan fingerprint density at radius 2 is 2.05 bits per heavy atom. The number of aromatic amines is 2. The Kier molecular flexibility index (Phi) is 3.36. The van der Waals surface area contributed by atoms with E-state index in [-0.39, 0.29) is 4.77 Å². The molecule has 0 bridgehead atoms. The average Bonchev–Trinajstić information content (AvgIpc) is 2.96. The zero-order chi connectivity index (χ0) is 15.9. The van der Waals surface area contributed by atoms with Crippen molar-refractivity contribution in [3.05, 3.63) is 46.1 Å². The summed E-state index contributed by atoms with van der Waals surface area (Å²) >= 11 is 4.79. The van der Waals surface area contributed by atoms with Crippen LogP contribution in [0.15, 0.2) is 29.4 Å². The Morgan fingerprint density at radius 1 is 1.32 bits per heavy atom. The lowest BCUT2D eigenvalue weighted by Gasteiger charge is -2.03. The van der Waals surface area contributed by atoms with E-state index in [4.69, 9.17) is 12.2 Å². The third kappa shape index (κ3) is 2.43. The van der Waals surface area contributed by atoms with Gasteiger partial charge in [0.25, 0.3) is 5.82 Å². The number of alkyl halides is 3. The standard InChI is InChI=1S/C13H10F3N5S/c1-7-9(8-4-2-3-5-10(8)18-7)6-17-21-11(13(14,15)16)19-20-12(21)22/h2-6,18H,1H3,(H,20,22)/b17-6+. The molecule has 2 heterocycles. The fourth-order valence-corrected chi connectivity index (χ4v) is 2.34. The zero-order valence-corrected chi connectivity index (χ0v) is 12.1. The molecule has 0 amide bonds. The van der Waals surface area contributed by atoms with Crippen molar-refractivity contribution >= 4 is 29.3 Å². The number of fused-ring (bicyclic) bond motifs is 1. The third-order valence-electron chi connectivity index (χ3n) is 3.15. The summed E-state index contributed by atoms with van der Waals surface area (Å²) in [5.74, 6) is -1.19. The van der Waals surface area contributed by atoms with Crippen molar-refractivity contribution in [3.8, 4) is 0 Å². The molecule has 9 heteroatoms. The lowest BCUT2D eigenvalue weighted by Crippen LogP contribution is -2.12. The number of hydrogen-bond donors (Lipinski definition) is 2. The lowest BCUT2D eigenvalue weighted by molar-refractivity contribution is -0.147. The van der Waals surface area contributed by atoms with Crippen LogP contribution >= 0.6 is 12.2 Å². The normalized spacial score (nSPS) is 12.5. The van der Waals surface area contributed by atoms with Gasteiger partial charge in [0.1, 0.15) is 0 Å². The second-order valence-corrected chi connectivity index (χ2v) is 5.00. The molecule has 114 valence electrons. The Labute approximate surface area is 127 Å². The Bertz CT molecular complexity index is 916. The van der Waals surface area contributed by atoms with Crippen molar-refractivity contribution < 1.29 is 13.2 Å². The molecule has 5 nitrogen and oxygen atoms in total. The molecule has 2 N–H and O–H groups in total. The minimum Gasteiger partial charge on any atom is -0.358 e. The summed E-state index contributed by atoms with van der Waals surface area (Å²) in [6.07, 6.45) is -3.30. The van der Waals surface area contributed by atoms with Crippen molar-refractivity contribution in [1.29, 1.82) is 0 Å².